The molecule has 76 valence electrons. The number of Topliss-reactive ketones (excluding diaryl/α,β-unsaturated/α-hetero) is 1. The van der Waals surface area contributed by atoms with E-state index in [0.717, 1.165) is 11.3 Å². The van der Waals surface area contributed by atoms with Crippen molar-refractivity contribution < 1.29 is 4.79 Å². The van der Waals surface area contributed by atoms with Crippen molar-refractivity contribution in [2.75, 3.05) is 0 Å². The highest BCUT2D eigenvalue weighted by atomic mass is 16.1. The van der Waals surface area contributed by atoms with Crippen molar-refractivity contribution in [2.24, 2.45) is 7.05 Å². The summed E-state index contributed by atoms with van der Waals surface area (Å²) in [4.78, 5) is 15.1. The molecule has 0 aliphatic rings. The van der Waals surface area contributed by atoms with Crippen LogP contribution in [0.4, 0.5) is 0 Å². The minimum absolute atomic E-state index is 0.0254. The van der Waals surface area contributed by atoms with Crippen LogP contribution in [0.25, 0.3) is 11.3 Å². The van der Waals surface area contributed by atoms with Crippen molar-refractivity contribution in [1.82, 2.24) is 14.8 Å². The molecule has 2 rings (SSSR count). The molecular weight excluding hydrogens is 190 g/mol. The van der Waals surface area contributed by atoms with E-state index in [-0.39, 0.29) is 5.78 Å². The van der Waals surface area contributed by atoms with Crippen LogP contribution in [-0.4, -0.2) is 20.5 Å². The van der Waals surface area contributed by atoms with Crippen LogP contribution in [0.5, 0.6) is 0 Å². The molecule has 0 aliphatic heterocycles. The Morgan fingerprint density at radius 3 is 2.60 bits per heavy atom. The molecule has 0 bridgehead atoms. The number of aromatic nitrogens is 3. The maximum atomic E-state index is 11.0. The Morgan fingerprint density at radius 1 is 1.33 bits per heavy atom. The highest BCUT2D eigenvalue weighted by Gasteiger charge is 2.03. The van der Waals surface area contributed by atoms with Crippen LogP contribution in [0.2, 0.25) is 0 Å². The Labute approximate surface area is 87.6 Å². The second kappa shape index (κ2) is 3.65. The fraction of sp³-hybridized carbons (Fsp3) is 0.182. The van der Waals surface area contributed by atoms with E-state index in [1.54, 1.807) is 16.9 Å². The van der Waals surface area contributed by atoms with Gasteiger partial charge in [-0.15, -0.1) is 0 Å². The molecule has 0 amide bonds. The van der Waals surface area contributed by atoms with E-state index in [9.17, 15) is 4.79 Å². The van der Waals surface area contributed by atoms with Crippen LogP contribution in [0, 0.1) is 0 Å². The largest absolute Gasteiger partial charge is 0.293 e. The number of pyridine rings is 1. The minimum atomic E-state index is -0.0254. The highest BCUT2D eigenvalue weighted by Crippen LogP contribution is 2.15. The molecule has 4 heteroatoms. The molecule has 0 aliphatic carbocycles. The number of ketones is 1. The molecule has 0 saturated heterocycles. The molecule has 0 spiro atoms. The molecule has 0 saturated carbocycles. The van der Waals surface area contributed by atoms with Gasteiger partial charge in [0.05, 0.1) is 5.69 Å². The summed E-state index contributed by atoms with van der Waals surface area (Å²) >= 11 is 0. The Hall–Kier alpha value is -1.97. The number of aryl methyl sites for hydroxylation is 1. The maximum absolute atomic E-state index is 11.0. The molecule has 4 nitrogen and oxygen atoms in total. The summed E-state index contributed by atoms with van der Waals surface area (Å²) in [5, 5.41) is 4.25. The van der Waals surface area contributed by atoms with Crippen LogP contribution in [0.3, 0.4) is 0 Å². The average molecular weight is 201 g/mol. The zero-order chi connectivity index (χ0) is 10.8. The second-order valence-electron chi connectivity index (χ2n) is 3.36. The smallest absolute Gasteiger partial charge is 0.178 e. The van der Waals surface area contributed by atoms with E-state index < -0.39 is 0 Å². The number of nitrogens with zero attached hydrogens (tertiary/aromatic N) is 3. The standard InChI is InChI=1S/C11H11N3O/c1-8(15)10-4-3-9(7-12-10)11-5-6-14(2)13-11/h3-7H,1-2H3. The van der Waals surface area contributed by atoms with Gasteiger partial charge in [0, 0.05) is 31.9 Å². The van der Waals surface area contributed by atoms with Gasteiger partial charge in [-0.05, 0) is 18.2 Å². The second-order valence-corrected chi connectivity index (χ2v) is 3.36. The van der Waals surface area contributed by atoms with Crippen molar-refractivity contribution in [2.45, 2.75) is 6.92 Å². The fourth-order valence-corrected chi connectivity index (χ4v) is 1.32. The minimum Gasteiger partial charge on any atom is -0.293 e. The van der Waals surface area contributed by atoms with Crippen molar-refractivity contribution in [3.63, 3.8) is 0 Å². The zero-order valence-electron chi connectivity index (χ0n) is 8.64. The van der Waals surface area contributed by atoms with E-state index in [2.05, 4.69) is 10.1 Å². The molecule has 0 aromatic carbocycles. The van der Waals surface area contributed by atoms with Gasteiger partial charge >= 0.3 is 0 Å². The first-order chi connectivity index (χ1) is 7.16. The van der Waals surface area contributed by atoms with Gasteiger partial charge in [-0.25, -0.2) is 0 Å². The number of hydrogen-bond acceptors (Lipinski definition) is 3. The first-order valence-electron chi connectivity index (χ1n) is 4.64. The Morgan fingerprint density at radius 2 is 2.13 bits per heavy atom. The first kappa shape index (κ1) is 9.58. The molecule has 15 heavy (non-hydrogen) atoms. The molecule has 2 aromatic heterocycles. The van der Waals surface area contributed by atoms with Crippen molar-refractivity contribution in [3.8, 4) is 11.3 Å². The van der Waals surface area contributed by atoms with Crippen molar-refractivity contribution in [3.05, 3.63) is 36.3 Å². The monoisotopic (exact) mass is 201 g/mol. The predicted octanol–water partition coefficient (Wildman–Crippen LogP) is 1.68. The topological polar surface area (TPSA) is 47.8 Å². The number of carbonyl (C=O) groups excluding carboxylic acids is 1. The van der Waals surface area contributed by atoms with Crippen LogP contribution in [-0.2, 0) is 7.05 Å². The van der Waals surface area contributed by atoms with Gasteiger partial charge in [0.1, 0.15) is 5.69 Å². The van der Waals surface area contributed by atoms with Crippen LogP contribution < -0.4 is 0 Å². The highest BCUT2D eigenvalue weighted by molar-refractivity contribution is 5.92. The van der Waals surface area contributed by atoms with Gasteiger partial charge in [-0.3, -0.25) is 14.5 Å². The van der Waals surface area contributed by atoms with E-state index >= 15 is 0 Å². The van der Waals surface area contributed by atoms with Gasteiger partial charge in [-0.1, -0.05) is 0 Å². The third-order valence-corrected chi connectivity index (χ3v) is 2.13. The Bertz CT molecular complexity index is 485. The van der Waals surface area contributed by atoms with E-state index in [0.29, 0.717) is 5.69 Å². The van der Waals surface area contributed by atoms with Crippen LogP contribution in [0.1, 0.15) is 17.4 Å². The quantitative estimate of drug-likeness (QED) is 0.694. The van der Waals surface area contributed by atoms with Crippen molar-refractivity contribution in [1.29, 1.82) is 0 Å². The fourth-order valence-electron chi connectivity index (χ4n) is 1.32. The summed E-state index contributed by atoms with van der Waals surface area (Å²) in [5.74, 6) is -0.0254. The summed E-state index contributed by atoms with van der Waals surface area (Å²) in [6.45, 7) is 1.50. The molecule has 2 heterocycles. The molecular formula is C11H11N3O. The maximum Gasteiger partial charge on any atom is 0.178 e. The molecule has 2 aromatic rings. The van der Waals surface area contributed by atoms with E-state index in [1.807, 2.05) is 25.4 Å². The van der Waals surface area contributed by atoms with E-state index in [4.69, 9.17) is 0 Å². The van der Waals surface area contributed by atoms with Gasteiger partial charge in [0.15, 0.2) is 5.78 Å². The summed E-state index contributed by atoms with van der Waals surface area (Å²) in [6.07, 6.45) is 3.54. The van der Waals surface area contributed by atoms with Crippen molar-refractivity contribution >= 4 is 5.78 Å². The molecule has 0 atom stereocenters. The lowest BCUT2D eigenvalue weighted by Gasteiger charge is -1.97. The molecule has 0 N–H and O–H groups in total. The molecule has 0 radical (unpaired) electrons. The average Bonchev–Trinajstić information content (AvgIpc) is 2.65. The van der Waals surface area contributed by atoms with Gasteiger partial charge in [-0.2, -0.15) is 5.10 Å². The van der Waals surface area contributed by atoms with Crippen LogP contribution in [0.15, 0.2) is 30.6 Å². The lowest BCUT2D eigenvalue weighted by molar-refractivity contribution is 0.101. The third-order valence-electron chi connectivity index (χ3n) is 2.13. The van der Waals surface area contributed by atoms with E-state index in [1.165, 1.54) is 6.92 Å². The summed E-state index contributed by atoms with van der Waals surface area (Å²) in [7, 11) is 1.86. The summed E-state index contributed by atoms with van der Waals surface area (Å²) in [5.41, 5.74) is 2.26. The zero-order valence-corrected chi connectivity index (χ0v) is 8.64. The first-order valence-corrected chi connectivity index (χ1v) is 4.64. The number of hydrogen-bond donors (Lipinski definition) is 0. The van der Waals surface area contributed by atoms with Gasteiger partial charge in [0.25, 0.3) is 0 Å². The Kier molecular flexibility index (Phi) is 2.33. The molecule has 0 fully saturated rings. The normalized spacial score (nSPS) is 10.3. The number of carbonyl (C=O) groups is 1. The van der Waals surface area contributed by atoms with Crippen LogP contribution >= 0.6 is 0 Å². The predicted molar refractivity (Wildman–Crippen MR) is 56.4 cm³/mol. The lowest BCUT2D eigenvalue weighted by Crippen LogP contribution is -1.96. The van der Waals surface area contributed by atoms with Gasteiger partial charge < -0.3 is 0 Å². The number of rotatable bonds is 2. The van der Waals surface area contributed by atoms with Gasteiger partial charge in [0.2, 0.25) is 0 Å². The Balaban J connectivity index is 2.35. The third kappa shape index (κ3) is 1.93. The lowest BCUT2D eigenvalue weighted by atomic mass is 10.2. The SMILES string of the molecule is CC(=O)c1ccc(-c2ccn(C)n2)cn1. The summed E-state index contributed by atoms with van der Waals surface area (Å²) < 4.78 is 1.73. The molecule has 0 unspecified atom stereocenters. The summed E-state index contributed by atoms with van der Waals surface area (Å²) in [6, 6.07) is 5.48.